The van der Waals surface area contributed by atoms with Crippen LogP contribution in [-0.2, 0) is 14.3 Å². The third-order valence-corrected chi connectivity index (χ3v) is 3.67. The highest BCUT2D eigenvalue weighted by atomic mass is 16.5. The van der Waals surface area contributed by atoms with Crippen LogP contribution in [0.1, 0.15) is 71.1 Å². The van der Waals surface area contributed by atoms with Crippen LogP contribution >= 0.6 is 0 Å². The summed E-state index contributed by atoms with van der Waals surface area (Å²) >= 11 is 0. The molecule has 1 saturated heterocycles. The van der Waals surface area contributed by atoms with Crippen molar-refractivity contribution in [2.24, 2.45) is 5.92 Å². The van der Waals surface area contributed by atoms with Crippen molar-refractivity contribution in [2.45, 2.75) is 71.1 Å². The molecule has 0 unspecified atom stereocenters. The van der Waals surface area contributed by atoms with E-state index in [0.717, 1.165) is 26.1 Å². The van der Waals surface area contributed by atoms with Crippen LogP contribution in [0.15, 0.2) is 0 Å². The van der Waals surface area contributed by atoms with Gasteiger partial charge in [0.25, 0.3) is 0 Å². The van der Waals surface area contributed by atoms with Crippen LogP contribution in [0.25, 0.3) is 0 Å². The first-order valence-corrected chi connectivity index (χ1v) is 8.06. The Morgan fingerprint density at radius 2 is 1.58 bits per heavy atom. The van der Waals surface area contributed by atoms with E-state index < -0.39 is 0 Å². The second-order valence-electron chi connectivity index (χ2n) is 5.66. The molecule has 0 saturated carbocycles. The van der Waals surface area contributed by atoms with Crippen LogP contribution in [-0.4, -0.2) is 25.8 Å². The van der Waals surface area contributed by atoms with Crippen molar-refractivity contribution in [1.82, 2.24) is 0 Å². The number of hydrogen-bond donors (Lipinski definition) is 0. The molecule has 3 nitrogen and oxygen atoms in total. The largest absolute Gasteiger partial charge is 0.465 e. The van der Waals surface area contributed by atoms with Gasteiger partial charge in [0.1, 0.15) is 0 Å². The normalized spacial score (nSPS) is 15.2. The summed E-state index contributed by atoms with van der Waals surface area (Å²) in [5.74, 6) is 0.418. The highest BCUT2D eigenvalue weighted by molar-refractivity contribution is 5.69. The predicted molar refractivity (Wildman–Crippen MR) is 77.1 cm³/mol. The van der Waals surface area contributed by atoms with Gasteiger partial charge in [-0.3, -0.25) is 4.79 Å². The molecule has 0 aromatic heterocycles. The Morgan fingerprint density at radius 3 is 2.11 bits per heavy atom. The lowest BCUT2D eigenvalue weighted by atomic mass is 10.1. The number of unbranched alkanes of at least 4 members (excludes halogenated alkanes) is 8. The summed E-state index contributed by atoms with van der Waals surface area (Å²) in [5, 5.41) is 0. The lowest BCUT2D eigenvalue weighted by Crippen LogP contribution is -2.32. The second-order valence-corrected chi connectivity index (χ2v) is 5.66. The van der Waals surface area contributed by atoms with Gasteiger partial charge in [-0.15, -0.1) is 0 Å². The van der Waals surface area contributed by atoms with E-state index in [1.54, 1.807) is 0 Å². The van der Waals surface area contributed by atoms with Crippen LogP contribution in [0.3, 0.4) is 0 Å². The molecule has 0 amide bonds. The van der Waals surface area contributed by atoms with E-state index in [4.69, 9.17) is 9.47 Å². The topological polar surface area (TPSA) is 35.5 Å². The molecule has 0 aliphatic carbocycles. The van der Waals surface area contributed by atoms with Crippen molar-refractivity contribution in [3.8, 4) is 0 Å². The molecular formula is C16H30O3. The minimum atomic E-state index is -0.0326. The van der Waals surface area contributed by atoms with Crippen LogP contribution < -0.4 is 0 Å². The summed E-state index contributed by atoms with van der Waals surface area (Å²) in [5.41, 5.74) is 0. The Bertz CT molecular complexity index is 224. The molecule has 0 atom stereocenters. The number of carbonyl (C=O) groups is 1. The molecule has 0 radical (unpaired) electrons. The number of esters is 1. The summed E-state index contributed by atoms with van der Waals surface area (Å²) in [4.78, 5) is 11.4. The second kappa shape index (κ2) is 11.3. The Hall–Kier alpha value is -0.570. The first-order valence-electron chi connectivity index (χ1n) is 8.06. The summed E-state index contributed by atoms with van der Waals surface area (Å²) in [6.45, 7) is 4.31. The van der Waals surface area contributed by atoms with Crippen molar-refractivity contribution in [1.29, 1.82) is 0 Å². The maximum Gasteiger partial charge on any atom is 0.305 e. The van der Waals surface area contributed by atoms with E-state index >= 15 is 0 Å². The highest BCUT2D eigenvalue weighted by Gasteiger charge is 2.19. The van der Waals surface area contributed by atoms with E-state index in [2.05, 4.69) is 6.92 Å². The molecule has 1 rings (SSSR count). The van der Waals surface area contributed by atoms with Gasteiger partial charge in [0.2, 0.25) is 0 Å². The first-order chi connectivity index (χ1) is 9.33. The lowest BCUT2D eigenvalue weighted by Gasteiger charge is -2.25. The van der Waals surface area contributed by atoms with Crippen molar-refractivity contribution < 1.29 is 14.3 Å². The third kappa shape index (κ3) is 9.04. The van der Waals surface area contributed by atoms with Gasteiger partial charge in [-0.05, 0) is 6.42 Å². The van der Waals surface area contributed by atoms with Gasteiger partial charge in [0.05, 0.1) is 19.8 Å². The average molecular weight is 270 g/mol. The molecule has 1 heterocycles. The van der Waals surface area contributed by atoms with Crippen LogP contribution in [0.5, 0.6) is 0 Å². The van der Waals surface area contributed by atoms with Gasteiger partial charge >= 0.3 is 5.97 Å². The fraction of sp³-hybridized carbons (Fsp3) is 0.938. The maximum absolute atomic E-state index is 11.4. The minimum absolute atomic E-state index is 0.0326. The first kappa shape index (κ1) is 16.5. The molecule has 0 N–H and O–H groups in total. The zero-order valence-electron chi connectivity index (χ0n) is 12.5. The molecule has 1 aliphatic rings. The van der Waals surface area contributed by atoms with E-state index in [9.17, 15) is 4.79 Å². The van der Waals surface area contributed by atoms with Crippen molar-refractivity contribution >= 4 is 5.97 Å². The van der Waals surface area contributed by atoms with Crippen molar-refractivity contribution in [3.63, 3.8) is 0 Å². The summed E-state index contributed by atoms with van der Waals surface area (Å²) in [7, 11) is 0. The van der Waals surface area contributed by atoms with Gasteiger partial charge in [-0.1, -0.05) is 58.3 Å². The van der Waals surface area contributed by atoms with E-state index in [0.29, 0.717) is 18.9 Å². The number of ether oxygens (including phenoxy) is 2. The highest BCUT2D eigenvalue weighted by Crippen LogP contribution is 2.12. The maximum atomic E-state index is 11.4. The summed E-state index contributed by atoms with van der Waals surface area (Å²) in [6.07, 6.45) is 12.1. The SMILES string of the molecule is CCCCCCCCCCCC(=O)OCC1COC1. The van der Waals surface area contributed by atoms with E-state index in [-0.39, 0.29) is 5.97 Å². The van der Waals surface area contributed by atoms with Crippen molar-refractivity contribution in [2.75, 3.05) is 19.8 Å². The van der Waals surface area contributed by atoms with Crippen LogP contribution in [0.4, 0.5) is 0 Å². The quantitative estimate of drug-likeness (QED) is 0.396. The number of carbonyl (C=O) groups excluding carboxylic acids is 1. The average Bonchev–Trinajstić information content (AvgIpc) is 2.35. The van der Waals surface area contributed by atoms with Gasteiger partial charge in [-0.2, -0.15) is 0 Å². The fourth-order valence-electron chi connectivity index (χ4n) is 2.24. The third-order valence-electron chi connectivity index (χ3n) is 3.67. The molecule has 0 spiro atoms. The number of hydrogen-bond acceptors (Lipinski definition) is 3. The lowest BCUT2D eigenvalue weighted by molar-refractivity contribution is -0.150. The summed E-state index contributed by atoms with van der Waals surface area (Å²) in [6, 6.07) is 0. The molecular weight excluding hydrogens is 240 g/mol. The van der Waals surface area contributed by atoms with Gasteiger partial charge in [-0.25, -0.2) is 0 Å². The Balaban J connectivity index is 1.75. The molecule has 0 aromatic carbocycles. The molecule has 112 valence electrons. The van der Waals surface area contributed by atoms with Gasteiger partial charge in [0, 0.05) is 12.3 Å². The Labute approximate surface area is 118 Å². The van der Waals surface area contributed by atoms with Gasteiger partial charge < -0.3 is 9.47 Å². The molecule has 0 aromatic rings. The molecule has 19 heavy (non-hydrogen) atoms. The molecule has 1 fully saturated rings. The Morgan fingerprint density at radius 1 is 1.00 bits per heavy atom. The van der Waals surface area contributed by atoms with E-state index in [1.165, 1.54) is 44.9 Å². The van der Waals surface area contributed by atoms with E-state index in [1.807, 2.05) is 0 Å². The van der Waals surface area contributed by atoms with Gasteiger partial charge in [0.15, 0.2) is 0 Å². The minimum Gasteiger partial charge on any atom is -0.465 e. The molecule has 1 aliphatic heterocycles. The zero-order valence-corrected chi connectivity index (χ0v) is 12.5. The zero-order chi connectivity index (χ0) is 13.8. The number of rotatable bonds is 12. The monoisotopic (exact) mass is 270 g/mol. The summed E-state index contributed by atoms with van der Waals surface area (Å²) < 4.78 is 10.2. The Kier molecular flexibility index (Phi) is 9.78. The fourth-order valence-corrected chi connectivity index (χ4v) is 2.24. The standard InChI is InChI=1S/C16H30O3/c1-2-3-4-5-6-7-8-9-10-11-16(17)19-14-15-12-18-13-15/h15H,2-14H2,1H3. The predicted octanol–water partition coefficient (Wildman–Crippen LogP) is 4.10. The molecule has 0 bridgehead atoms. The smallest absolute Gasteiger partial charge is 0.305 e. The molecule has 3 heteroatoms. The van der Waals surface area contributed by atoms with Crippen LogP contribution in [0, 0.1) is 5.92 Å². The van der Waals surface area contributed by atoms with Crippen molar-refractivity contribution in [3.05, 3.63) is 0 Å². The van der Waals surface area contributed by atoms with Crippen LogP contribution in [0.2, 0.25) is 0 Å².